The molecule has 108 valence electrons. The molecule has 2 rings (SSSR count). The highest BCUT2D eigenvalue weighted by molar-refractivity contribution is 7.13. The molecule has 0 fully saturated rings. The second-order valence-electron chi connectivity index (χ2n) is 3.99. The fourth-order valence-electron chi connectivity index (χ4n) is 1.60. The third-order valence-corrected chi connectivity index (χ3v) is 3.24. The number of ether oxygens (including phenoxy) is 1. The Labute approximate surface area is 131 Å². The van der Waals surface area contributed by atoms with Gasteiger partial charge in [0.05, 0.1) is 0 Å². The zero-order valence-electron chi connectivity index (χ0n) is 11.4. The number of amides is 1. The van der Waals surface area contributed by atoms with Crippen molar-refractivity contribution >= 4 is 28.5 Å². The van der Waals surface area contributed by atoms with Crippen LogP contribution in [0, 0.1) is 23.7 Å². The van der Waals surface area contributed by atoms with Gasteiger partial charge in [0.25, 0.3) is 5.91 Å². The molecule has 1 amide bonds. The van der Waals surface area contributed by atoms with Crippen LogP contribution in [0.25, 0.3) is 6.08 Å². The van der Waals surface area contributed by atoms with E-state index in [1.165, 1.54) is 17.4 Å². The lowest BCUT2D eigenvalue weighted by atomic mass is 10.1. The molecule has 0 spiro atoms. The fraction of sp³-hybridized carbons (Fsp3) is 0.0625. The van der Waals surface area contributed by atoms with Crippen molar-refractivity contribution in [2.45, 2.75) is 0 Å². The van der Waals surface area contributed by atoms with E-state index in [2.05, 4.69) is 16.2 Å². The summed E-state index contributed by atoms with van der Waals surface area (Å²) < 4.78 is 5.39. The number of para-hydroxylation sites is 1. The predicted octanol–water partition coefficient (Wildman–Crippen LogP) is 2.70. The Hall–Kier alpha value is -3.09. The molecule has 5 nitrogen and oxygen atoms in total. The molecular formula is C16H11N3O2S. The zero-order valence-corrected chi connectivity index (χ0v) is 12.3. The van der Waals surface area contributed by atoms with Gasteiger partial charge in [-0.2, -0.15) is 5.26 Å². The van der Waals surface area contributed by atoms with Gasteiger partial charge in [-0.05, 0) is 12.1 Å². The van der Waals surface area contributed by atoms with Crippen LogP contribution in [-0.2, 0) is 4.79 Å². The number of nitrogens with zero attached hydrogens (tertiary/aromatic N) is 2. The molecule has 0 saturated heterocycles. The van der Waals surface area contributed by atoms with Gasteiger partial charge in [0.2, 0.25) is 0 Å². The molecule has 0 aliphatic carbocycles. The summed E-state index contributed by atoms with van der Waals surface area (Å²) in [7, 11) is 0. The Balaban J connectivity index is 2.24. The number of benzene rings is 1. The number of carbonyl (C=O) groups is 1. The molecule has 1 aromatic carbocycles. The standard InChI is InChI=1S/C16H11N3O2S/c1-2-8-21-14-6-4-3-5-12(14)10-13(11-17)15(20)19-16-18-7-9-22-16/h1,3-7,9-10H,8H2,(H,18,19,20)/b13-10+. The van der Waals surface area contributed by atoms with E-state index >= 15 is 0 Å². The largest absolute Gasteiger partial charge is 0.480 e. The number of aromatic nitrogens is 1. The van der Waals surface area contributed by atoms with Gasteiger partial charge in [-0.15, -0.1) is 17.8 Å². The first-order valence-electron chi connectivity index (χ1n) is 6.22. The molecule has 1 N–H and O–H groups in total. The van der Waals surface area contributed by atoms with Gasteiger partial charge in [0.1, 0.15) is 24.0 Å². The molecule has 0 aliphatic heterocycles. The van der Waals surface area contributed by atoms with Crippen molar-refractivity contribution in [1.82, 2.24) is 4.98 Å². The molecule has 0 saturated carbocycles. The van der Waals surface area contributed by atoms with Crippen LogP contribution in [-0.4, -0.2) is 17.5 Å². The second-order valence-corrected chi connectivity index (χ2v) is 4.89. The number of nitriles is 1. The summed E-state index contributed by atoms with van der Waals surface area (Å²) in [5, 5.41) is 13.9. The summed E-state index contributed by atoms with van der Waals surface area (Å²) in [6.07, 6.45) is 8.19. The molecule has 0 radical (unpaired) electrons. The second kappa shape index (κ2) is 7.63. The molecule has 1 aromatic heterocycles. The van der Waals surface area contributed by atoms with Crippen molar-refractivity contribution in [2.75, 3.05) is 11.9 Å². The Kier molecular flexibility index (Phi) is 5.31. The molecular weight excluding hydrogens is 298 g/mol. The number of hydrogen-bond acceptors (Lipinski definition) is 5. The van der Waals surface area contributed by atoms with Crippen molar-refractivity contribution in [3.8, 4) is 24.2 Å². The maximum atomic E-state index is 12.1. The minimum Gasteiger partial charge on any atom is -0.480 e. The molecule has 0 atom stereocenters. The summed E-state index contributed by atoms with van der Waals surface area (Å²) in [6.45, 7) is 0.109. The number of carbonyl (C=O) groups excluding carboxylic acids is 1. The van der Waals surface area contributed by atoms with Crippen molar-refractivity contribution in [2.24, 2.45) is 0 Å². The summed E-state index contributed by atoms with van der Waals surface area (Å²) >= 11 is 1.27. The van der Waals surface area contributed by atoms with Gasteiger partial charge < -0.3 is 4.74 Å². The van der Waals surface area contributed by atoms with Gasteiger partial charge in [0.15, 0.2) is 5.13 Å². The van der Waals surface area contributed by atoms with E-state index in [1.807, 2.05) is 6.07 Å². The minimum absolute atomic E-state index is 0.0491. The van der Waals surface area contributed by atoms with Crippen LogP contribution in [0.15, 0.2) is 41.4 Å². The average Bonchev–Trinajstić information content (AvgIpc) is 3.04. The van der Waals surface area contributed by atoms with Crippen LogP contribution < -0.4 is 10.1 Å². The lowest BCUT2D eigenvalue weighted by molar-refractivity contribution is -0.112. The number of rotatable bonds is 5. The molecule has 0 aliphatic rings. The average molecular weight is 309 g/mol. The highest BCUT2D eigenvalue weighted by Crippen LogP contribution is 2.21. The Morgan fingerprint density at radius 1 is 1.50 bits per heavy atom. The molecule has 1 heterocycles. The summed E-state index contributed by atoms with van der Waals surface area (Å²) in [6, 6.07) is 8.89. The van der Waals surface area contributed by atoms with Crippen LogP contribution in [0.1, 0.15) is 5.56 Å². The molecule has 22 heavy (non-hydrogen) atoms. The number of thiazole rings is 1. The number of nitrogens with one attached hydrogen (secondary N) is 1. The van der Waals surface area contributed by atoms with E-state index in [9.17, 15) is 10.1 Å². The molecule has 2 aromatic rings. The zero-order chi connectivity index (χ0) is 15.8. The van der Waals surface area contributed by atoms with Crippen LogP contribution in [0.4, 0.5) is 5.13 Å². The third kappa shape index (κ3) is 3.95. The van der Waals surface area contributed by atoms with Gasteiger partial charge in [0, 0.05) is 17.1 Å². The molecule has 6 heteroatoms. The van der Waals surface area contributed by atoms with E-state index in [0.717, 1.165) is 0 Å². The van der Waals surface area contributed by atoms with E-state index in [4.69, 9.17) is 11.2 Å². The van der Waals surface area contributed by atoms with Gasteiger partial charge in [-0.3, -0.25) is 10.1 Å². The van der Waals surface area contributed by atoms with Crippen LogP contribution in [0.3, 0.4) is 0 Å². The highest BCUT2D eigenvalue weighted by atomic mass is 32.1. The first-order chi connectivity index (χ1) is 10.7. The predicted molar refractivity (Wildman–Crippen MR) is 85.1 cm³/mol. The van der Waals surface area contributed by atoms with E-state index < -0.39 is 5.91 Å². The maximum absolute atomic E-state index is 12.1. The van der Waals surface area contributed by atoms with Crippen molar-refractivity contribution in [1.29, 1.82) is 5.26 Å². The van der Waals surface area contributed by atoms with Gasteiger partial charge >= 0.3 is 0 Å². The Bertz CT molecular complexity index is 767. The van der Waals surface area contributed by atoms with Crippen LogP contribution in [0.5, 0.6) is 5.75 Å². The lowest BCUT2D eigenvalue weighted by Gasteiger charge is -2.06. The van der Waals surface area contributed by atoms with E-state index in [0.29, 0.717) is 16.4 Å². The fourth-order valence-corrected chi connectivity index (χ4v) is 2.13. The quantitative estimate of drug-likeness (QED) is 0.523. The van der Waals surface area contributed by atoms with Gasteiger partial charge in [-0.25, -0.2) is 4.98 Å². The number of terminal acetylenes is 1. The lowest BCUT2D eigenvalue weighted by Crippen LogP contribution is -2.13. The first kappa shape index (κ1) is 15.3. The monoisotopic (exact) mass is 309 g/mol. The minimum atomic E-state index is -0.524. The molecule has 0 bridgehead atoms. The van der Waals surface area contributed by atoms with Gasteiger partial charge in [-0.1, -0.05) is 24.1 Å². The molecule has 0 unspecified atom stereocenters. The number of hydrogen-bond donors (Lipinski definition) is 1. The van der Waals surface area contributed by atoms with Crippen molar-refractivity contribution in [3.63, 3.8) is 0 Å². The normalized spacial score (nSPS) is 10.4. The van der Waals surface area contributed by atoms with Crippen molar-refractivity contribution < 1.29 is 9.53 Å². The SMILES string of the molecule is C#CCOc1ccccc1/C=C(\C#N)C(=O)Nc1nccs1. The number of anilines is 1. The maximum Gasteiger partial charge on any atom is 0.268 e. The smallest absolute Gasteiger partial charge is 0.268 e. The summed E-state index contributed by atoms with van der Waals surface area (Å²) in [5.41, 5.74) is 0.551. The first-order valence-corrected chi connectivity index (χ1v) is 7.10. The summed E-state index contributed by atoms with van der Waals surface area (Å²) in [5.74, 6) is 2.35. The summed E-state index contributed by atoms with van der Waals surface area (Å²) in [4.78, 5) is 16.0. The van der Waals surface area contributed by atoms with Crippen LogP contribution in [0.2, 0.25) is 0 Å². The third-order valence-electron chi connectivity index (χ3n) is 2.55. The Morgan fingerprint density at radius 3 is 3.00 bits per heavy atom. The highest BCUT2D eigenvalue weighted by Gasteiger charge is 2.12. The van der Waals surface area contributed by atoms with Crippen molar-refractivity contribution in [3.05, 3.63) is 47.0 Å². The van der Waals surface area contributed by atoms with E-state index in [1.54, 1.807) is 35.8 Å². The van der Waals surface area contributed by atoms with Crippen LogP contribution >= 0.6 is 11.3 Å². The Morgan fingerprint density at radius 2 is 2.32 bits per heavy atom. The van der Waals surface area contributed by atoms with E-state index in [-0.39, 0.29) is 12.2 Å². The topological polar surface area (TPSA) is 75.0 Å².